The van der Waals surface area contributed by atoms with E-state index in [9.17, 15) is 4.79 Å². The van der Waals surface area contributed by atoms with Crippen LogP contribution in [0.4, 0.5) is 0 Å². The van der Waals surface area contributed by atoms with Crippen molar-refractivity contribution >= 4 is 5.97 Å². The third-order valence-corrected chi connectivity index (χ3v) is 3.20. The van der Waals surface area contributed by atoms with Crippen molar-refractivity contribution in [3.8, 4) is 11.4 Å². The van der Waals surface area contributed by atoms with Crippen molar-refractivity contribution in [2.75, 3.05) is 0 Å². The van der Waals surface area contributed by atoms with Crippen molar-refractivity contribution in [3.63, 3.8) is 0 Å². The fraction of sp³-hybridized carbons (Fsp3) is 0.214. The van der Waals surface area contributed by atoms with Gasteiger partial charge in [-0.05, 0) is 25.1 Å². The number of carbonyl (C=O) groups is 1. The summed E-state index contributed by atoms with van der Waals surface area (Å²) in [4.78, 5) is 15.1. The molecule has 1 aromatic carbocycles. The molecule has 0 amide bonds. The first-order valence-electron chi connectivity index (χ1n) is 6.09. The summed E-state index contributed by atoms with van der Waals surface area (Å²) in [6.07, 6.45) is 4.18. The predicted octanol–water partition coefficient (Wildman–Crippen LogP) is 2.58. The summed E-state index contributed by atoms with van der Waals surface area (Å²) in [5, 5.41) is 12.8. The van der Waals surface area contributed by atoms with Gasteiger partial charge in [-0.15, -0.1) is 0 Å². The molecule has 1 atom stereocenters. The molecule has 6 heteroatoms. The lowest BCUT2D eigenvalue weighted by atomic mass is 10.0. The van der Waals surface area contributed by atoms with Crippen molar-refractivity contribution in [1.29, 1.82) is 0 Å². The van der Waals surface area contributed by atoms with Gasteiger partial charge in [0.25, 0.3) is 5.89 Å². The Morgan fingerprint density at radius 2 is 2.10 bits per heavy atom. The number of hydrogen-bond acceptors (Lipinski definition) is 5. The molecule has 0 aliphatic carbocycles. The second-order valence-electron chi connectivity index (χ2n) is 4.73. The normalized spacial score (nSPS) is 20.9. The van der Waals surface area contributed by atoms with Crippen molar-refractivity contribution < 1.29 is 19.2 Å². The molecule has 1 aliphatic heterocycles. The number of carboxylic acids is 1. The van der Waals surface area contributed by atoms with Gasteiger partial charge in [0.15, 0.2) is 5.60 Å². The molecule has 0 radical (unpaired) electrons. The molecular formula is C14H12N2O4. The molecule has 6 nitrogen and oxygen atoms in total. The third-order valence-electron chi connectivity index (χ3n) is 3.20. The zero-order chi connectivity index (χ0) is 14.2. The lowest BCUT2D eigenvalue weighted by molar-refractivity contribution is 0.0278. The number of nitrogens with zero attached hydrogens (tertiary/aromatic N) is 2. The number of carboxylic acid groups (broad SMARTS) is 1. The highest BCUT2D eigenvalue weighted by Gasteiger charge is 2.36. The molecule has 3 rings (SSSR count). The van der Waals surface area contributed by atoms with Crippen LogP contribution >= 0.6 is 0 Å². The molecule has 1 unspecified atom stereocenters. The molecule has 1 aliphatic rings. The highest BCUT2D eigenvalue weighted by atomic mass is 16.5. The van der Waals surface area contributed by atoms with E-state index in [0.717, 1.165) is 0 Å². The maximum absolute atomic E-state index is 10.8. The fourth-order valence-corrected chi connectivity index (χ4v) is 1.97. The molecule has 0 fully saturated rings. The van der Waals surface area contributed by atoms with Crippen LogP contribution in [-0.2, 0) is 10.3 Å². The lowest BCUT2D eigenvalue weighted by Crippen LogP contribution is -2.20. The van der Waals surface area contributed by atoms with E-state index >= 15 is 0 Å². The van der Waals surface area contributed by atoms with E-state index < -0.39 is 11.6 Å². The smallest absolute Gasteiger partial charge is 0.335 e. The number of aromatic nitrogens is 2. The molecule has 0 spiro atoms. The average molecular weight is 272 g/mol. The monoisotopic (exact) mass is 272 g/mol. The van der Waals surface area contributed by atoms with Crippen LogP contribution in [0.5, 0.6) is 0 Å². The number of benzene rings is 1. The van der Waals surface area contributed by atoms with Gasteiger partial charge in [0.1, 0.15) is 0 Å². The molecule has 102 valence electrons. The Balaban J connectivity index is 1.88. The SMILES string of the molecule is CC1(c2nc(-c3ccc(C(=O)O)cc3)no2)CC=CO1. The highest BCUT2D eigenvalue weighted by Crippen LogP contribution is 2.33. The van der Waals surface area contributed by atoms with Gasteiger partial charge in [-0.1, -0.05) is 17.3 Å². The highest BCUT2D eigenvalue weighted by molar-refractivity contribution is 5.88. The summed E-state index contributed by atoms with van der Waals surface area (Å²) in [7, 11) is 0. The first-order chi connectivity index (χ1) is 9.58. The summed E-state index contributed by atoms with van der Waals surface area (Å²) in [5.41, 5.74) is 0.291. The Hall–Kier alpha value is -2.63. The van der Waals surface area contributed by atoms with E-state index in [1.54, 1.807) is 18.4 Å². The van der Waals surface area contributed by atoms with Crippen LogP contribution in [0.25, 0.3) is 11.4 Å². The first kappa shape index (κ1) is 12.4. The number of aromatic carboxylic acids is 1. The standard InChI is InChI=1S/C14H12N2O4/c1-14(7-2-8-19-14)13-15-11(16-20-13)9-3-5-10(6-4-9)12(17)18/h2-6,8H,7H2,1H3,(H,17,18). The minimum absolute atomic E-state index is 0.216. The van der Waals surface area contributed by atoms with Crippen LogP contribution in [-0.4, -0.2) is 21.2 Å². The van der Waals surface area contributed by atoms with Crippen molar-refractivity contribution in [3.05, 3.63) is 48.1 Å². The largest absolute Gasteiger partial charge is 0.485 e. The zero-order valence-corrected chi connectivity index (χ0v) is 10.7. The molecule has 2 heterocycles. The number of rotatable bonds is 3. The Kier molecular flexibility index (Phi) is 2.78. The zero-order valence-electron chi connectivity index (χ0n) is 10.7. The van der Waals surface area contributed by atoms with E-state index in [4.69, 9.17) is 14.4 Å². The van der Waals surface area contributed by atoms with Crippen LogP contribution in [0.2, 0.25) is 0 Å². The molecule has 20 heavy (non-hydrogen) atoms. The van der Waals surface area contributed by atoms with Gasteiger partial charge in [-0.25, -0.2) is 4.79 Å². The first-order valence-corrected chi connectivity index (χ1v) is 6.09. The van der Waals surface area contributed by atoms with Gasteiger partial charge < -0.3 is 14.4 Å². The van der Waals surface area contributed by atoms with Crippen LogP contribution in [0.1, 0.15) is 29.6 Å². The maximum Gasteiger partial charge on any atom is 0.335 e. The third kappa shape index (κ3) is 2.05. The average Bonchev–Trinajstić information content (AvgIpc) is 3.08. The van der Waals surface area contributed by atoms with Gasteiger partial charge in [-0.3, -0.25) is 0 Å². The summed E-state index contributed by atoms with van der Waals surface area (Å²) in [6.45, 7) is 1.87. The second-order valence-corrected chi connectivity index (χ2v) is 4.73. The quantitative estimate of drug-likeness (QED) is 0.924. The van der Waals surface area contributed by atoms with Crippen molar-refractivity contribution in [1.82, 2.24) is 10.1 Å². The van der Waals surface area contributed by atoms with Crippen LogP contribution in [0, 0.1) is 0 Å². The fourth-order valence-electron chi connectivity index (χ4n) is 1.97. The molecule has 1 aromatic heterocycles. The second kappa shape index (κ2) is 4.48. The summed E-state index contributed by atoms with van der Waals surface area (Å²) in [6, 6.07) is 6.30. The van der Waals surface area contributed by atoms with Gasteiger partial charge in [0.2, 0.25) is 5.82 Å². The molecule has 2 aromatic rings. The van der Waals surface area contributed by atoms with Crippen molar-refractivity contribution in [2.45, 2.75) is 18.9 Å². The lowest BCUT2D eigenvalue weighted by Gasteiger charge is -2.17. The van der Waals surface area contributed by atoms with Crippen LogP contribution < -0.4 is 0 Å². The van der Waals surface area contributed by atoms with Gasteiger partial charge >= 0.3 is 5.97 Å². The maximum atomic E-state index is 10.8. The summed E-state index contributed by atoms with van der Waals surface area (Å²) in [5.74, 6) is -0.156. The van der Waals surface area contributed by atoms with Gasteiger partial charge in [0.05, 0.1) is 11.8 Å². The molecule has 0 bridgehead atoms. The molecule has 0 saturated carbocycles. The Morgan fingerprint density at radius 3 is 2.70 bits per heavy atom. The molecular weight excluding hydrogens is 260 g/mol. The Labute approximate surface area is 114 Å². The Morgan fingerprint density at radius 1 is 1.35 bits per heavy atom. The Bertz CT molecular complexity index is 665. The van der Waals surface area contributed by atoms with Crippen LogP contribution in [0.3, 0.4) is 0 Å². The molecule has 0 saturated heterocycles. The molecule has 1 N–H and O–H groups in total. The minimum Gasteiger partial charge on any atom is -0.485 e. The van der Waals surface area contributed by atoms with Crippen molar-refractivity contribution in [2.24, 2.45) is 0 Å². The van der Waals surface area contributed by atoms with E-state index in [1.165, 1.54) is 12.1 Å². The van der Waals surface area contributed by atoms with Gasteiger partial charge in [0, 0.05) is 12.0 Å². The number of ether oxygens (including phenoxy) is 1. The van der Waals surface area contributed by atoms with Crippen LogP contribution in [0.15, 0.2) is 41.1 Å². The summed E-state index contributed by atoms with van der Waals surface area (Å²) >= 11 is 0. The summed E-state index contributed by atoms with van der Waals surface area (Å²) < 4.78 is 10.7. The van der Waals surface area contributed by atoms with Gasteiger partial charge in [-0.2, -0.15) is 4.98 Å². The number of hydrogen-bond donors (Lipinski definition) is 1. The topological polar surface area (TPSA) is 85.5 Å². The van der Waals surface area contributed by atoms with E-state index in [2.05, 4.69) is 10.1 Å². The van der Waals surface area contributed by atoms with E-state index in [-0.39, 0.29) is 5.56 Å². The minimum atomic E-state index is -0.969. The predicted molar refractivity (Wildman–Crippen MR) is 68.9 cm³/mol. The van der Waals surface area contributed by atoms with E-state index in [0.29, 0.717) is 23.7 Å². The van der Waals surface area contributed by atoms with E-state index in [1.807, 2.05) is 13.0 Å².